The Labute approximate surface area is 71.6 Å². The van der Waals surface area contributed by atoms with Gasteiger partial charge in [-0.2, -0.15) is 0 Å². The summed E-state index contributed by atoms with van der Waals surface area (Å²) in [4.78, 5) is 21.9. The van der Waals surface area contributed by atoms with Crippen LogP contribution in [0.4, 0.5) is 0 Å². The maximum absolute atomic E-state index is 11.2. The zero-order valence-electron chi connectivity index (χ0n) is 7.07. The van der Waals surface area contributed by atoms with Crippen LogP contribution in [0.25, 0.3) is 0 Å². The van der Waals surface area contributed by atoms with Crippen molar-refractivity contribution in [1.82, 2.24) is 0 Å². The van der Waals surface area contributed by atoms with Crippen molar-refractivity contribution in [2.24, 2.45) is 23.7 Å². The summed E-state index contributed by atoms with van der Waals surface area (Å²) in [6.45, 7) is 1.59. The molecule has 0 radical (unpaired) electrons. The Morgan fingerprint density at radius 1 is 1.42 bits per heavy atom. The second-order valence-electron chi connectivity index (χ2n) is 3.80. The van der Waals surface area contributed by atoms with Gasteiger partial charge in [0.1, 0.15) is 12.1 Å². The van der Waals surface area contributed by atoms with Crippen LogP contribution in [0.3, 0.4) is 0 Å². The van der Waals surface area contributed by atoms with Gasteiger partial charge in [-0.25, -0.2) is 0 Å². The van der Waals surface area contributed by atoms with Crippen molar-refractivity contribution in [3.8, 4) is 0 Å². The largest absolute Gasteiger partial charge is 0.303 e. The fourth-order valence-corrected chi connectivity index (χ4v) is 2.62. The number of Topliss-reactive ketones (excluding diaryl/α,β-unsaturated/α-hetero) is 1. The van der Waals surface area contributed by atoms with Crippen LogP contribution in [0, 0.1) is 23.7 Å². The molecule has 0 amide bonds. The molecule has 64 valence electrons. The standard InChI is InChI=1S/C10H12O2/c1-6(12)10-8-3-2-7(4-8)9(10)5-11/h2-3,5,7-10H,4H2,1H3/t7-,8+,9-,10+/m0/s1. The van der Waals surface area contributed by atoms with Gasteiger partial charge in [-0.15, -0.1) is 0 Å². The maximum Gasteiger partial charge on any atom is 0.134 e. The molecule has 0 aliphatic heterocycles. The summed E-state index contributed by atoms with van der Waals surface area (Å²) in [5, 5.41) is 0. The van der Waals surface area contributed by atoms with E-state index in [1.807, 2.05) is 0 Å². The smallest absolute Gasteiger partial charge is 0.134 e. The van der Waals surface area contributed by atoms with Crippen molar-refractivity contribution in [3.05, 3.63) is 12.2 Å². The van der Waals surface area contributed by atoms with Crippen LogP contribution in [0.2, 0.25) is 0 Å². The first-order valence-corrected chi connectivity index (χ1v) is 4.38. The van der Waals surface area contributed by atoms with Gasteiger partial charge in [0.2, 0.25) is 0 Å². The van der Waals surface area contributed by atoms with E-state index in [1.165, 1.54) is 0 Å². The molecule has 2 aliphatic rings. The quantitative estimate of drug-likeness (QED) is 0.454. The third kappa shape index (κ3) is 0.872. The second kappa shape index (κ2) is 2.54. The first-order chi connectivity index (χ1) is 5.74. The van der Waals surface area contributed by atoms with E-state index in [4.69, 9.17) is 0 Å². The molecule has 2 bridgehead atoms. The first-order valence-electron chi connectivity index (χ1n) is 4.38. The van der Waals surface area contributed by atoms with Gasteiger partial charge in [0.15, 0.2) is 0 Å². The third-order valence-electron chi connectivity index (χ3n) is 3.15. The zero-order chi connectivity index (χ0) is 8.72. The summed E-state index contributed by atoms with van der Waals surface area (Å²) >= 11 is 0. The Balaban J connectivity index is 2.28. The van der Waals surface area contributed by atoms with Crippen LogP contribution in [0.1, 0.15) is 13.3 Å². The topological polar surface area (TPSA) is 34.1 Å². The maximum atomic E-state index is 11.2. The molecule has 2 rings (SSSR count). The van der Waals surface area contributed by atoms with Gasteiger partial charge in [-0.3, -0.25) is 4.79 Å². The molecule has 0 aromatic carbocycles. The average Bonchev–Trinajstić information content (AvgIpc) is 2.60. The summed E-state index contributed by atoms with van der Waals surface area (Å²) in [7, 11) is 0. The van der Waals surface area contributed by atoms with Crippen molar-refractivity contribution in [2.45, 2.75) is 13.3 Å². The summed E-state index contributed by atoms with van der Waals surface area (Å²) in [5.74, 6) is 0.822. The lowest BCUT2D eigenvalue weighted by Gasteiger charge is -2.20. The summed E-state index contributed by atoms with van der Waals surface area (Å²) in [5.41, 5.74) is 0. The van der Waals surface area contributed by atoms with Crippen molar-refractivity contribution in [3.63, 3.8) is 0 Å². The Bertz CT molecular complexity index is 255. The van der Waals surface area contributed by atoms with E-state index in [2.05, 4.69) is 12.2 Å². The minimum Gasteiger partial charge on any atom is -0.303 e. The normalized spacial score (nSPS) is 43.4. The summed E-state index contributed by atoms with van der Waals surface area (Å²) in [6.07, 6.45) is 6.15. The predicted molar refractivity (Wildman–Crippen MR) is 44.5 cm³/mol. The monoisotopic (exact) mass is 164 g/mol. The highest BCUT2D eigenvalue weighted by Crippen LogP contribution is 2.47. The number of allylic oxidation sites excluding steroid dienone is 2. The molecular formula is C10H12O2. The van der Waals surface area contributed by atoms with Crippen LogP contribution in [0.5, 0.6) is 0 Å². The van der Waals surface area contributed by atoms with E-state index in [0.29, 0.717) is 11.8 Å². The average molecular weight is 164 g/mol. The molecule has 1 saturated carbocycles. The molecule has 2 aliphatic carbocycles. The Hall–Kier alpha value is -0.920. The molecule has 1 fully saturated rings. The number of fused-ring (bicyclic) bond motifs is 2. The van der Waals surface area contributed by atoms with E-state index in [1.54, 1.807) is 6.92 Å². The molecule has 0 saturated heterocycles. The van der Waals surface area contributed by atoms with Gasteiger partial charge >= 0.3 is 0 Å². The highest BCUT2D eigenvalue weighted by Gasteiger charge is 2.46. The van der Waals surface area contributed by atoms with Crippen molar-refractivity contribution in [2.75, 3.05) is 0 Å². The highest BCUT2D eigenvalue weighted by molar-refractivity contribution is 5.83. The molecular weight excluding hydrogens is 152 g/mol. The molecule has 4 atom stereocenters. The number of carbonyl (C=O) groups is 2. The van der Waals surface area contributed by atoms with Gasteiger partial charge < -0.3 is 4.79 Å². The molecule has 0 unspecified atom stereocenters. The van der Waals surface area contributed by atoms with Gasteiger partial charge in [0.05, 0.1) is 0 Å². The number of aldehydes is 1. The van der Waals surface area contributed by atoms with Crippen LogP contribution in [-0.2, 0) is 9.59 Å². The molecule has 12 heavy (non-hydrogen) atoms. The number of carbonyl (C=O) groups excluding carboxylic acids is 2. The Kier molecular flexibility index (Phi) is 1.63. The van der Waals surface area contributed by atoms with Crippen LogP contribution in [-0.4, -0.2) is 12.1 Å². The highest BCUT2D eigenvalue weighted by atomic mass is 16.1. The molecule has 0 aromatic rings. The van der Waals surface area contributed by atoms with E-state index in [-0.39, 0.29) is 17.6 Å². The fourth-order valence-electron chi connectivity index (χ4n) is 2.62. The SMILES string of the molecule is CC(=O)[C@H]1[C@@H](C=O)[C@H]2C=C[C@@H]1C2. The van der Waals surface area contributed by atoms with Crippen LogP contribution < -0.4 is 0 Å². The van der Waals surface area contributed by atoms with Gasteiger partial charge in [0, 0.05) is 11.8 Å². The minimum absolute atomic E-state index is 0.0162. The van der Waals surface area contributed by atoms with Crippen molar-refractivity contribution in [1.29, 1.82) is 0 Å². The Morgan fingerprint density at radius 3 is 2.58 bits per heavy atom. The van der Waals surface area contributed by atoms with Crippen molar-refractivity contribution < 1.29 is 9.59 Å². The first kappa shape index (κ1) is 7.71. The van der Waals surface area contributed by atoms with Gasteiger partial charge in [-0.1, -0.05) is 12.2 Å². The molecule has 0 spiro atoms. The lowest BCUT2D eigenvalue weighted by atomic mass is 9.82. The molecule has 2 heteroatoms. The fraction of sp³-hybridized carbons (Fsp3) is 0.600. The molecule has 0 heterocycles. The Morgan fingerprint density at radius 2 is 2.08 bits per heavy atom. The van der Waals surface area contributed by atoms with E-state index in [0.717, 1.165) is 12.7 Å². The number of rotatable bonds is 2. The minimum atomic E-state index is -0.0301. The lowest BCUT2D eigenvalue weighted by Crippen LogP contribution is -2.26. The second-order valence-corrected chi connectivity index (χ2v) is 3.80. The molecule has 0 N–H and O–H groups in total. The number of hydrogen-bond donors (Lipinski definition) is 0. The molecule has 0 aromatic heterocycles. The predicted octanol–water partition coefficient (Wildman–Crippen LogP) is 1.21. The molecule has 2 nitrogen and oxygen atoms in total. The zero-order valence-corrected chi connectivity index (χ0v) is 7.07. The van der Waals surface area contributed by atoms with Gasteiger partial charge in [-0.05, 0) is 25.2 Å². The summed E-state index contributed by atoms with van der Waals surface area (Å²) < 4.78 is 0. The van der Waals surface area contributed by atoms with Crippen LogP contribution in [0.15, 0.2) is 12.2 Å². The third-order valence-corrected chi connectivity index (χ3v) is 3.15. The van der Waals surface area contributed by atoms with E-state index >= 15 is 0 Å². The summed E-state index contributed by atoms with van der Waals surface area (Å²) in [6, 6.07) is 0. The van der Waals surface area contributed by atoms with E-state index < -0.39 is 0 Å². The number of hydrogen-bond acceptors (Lipinski definition) is 2. The van der Waals surface area contributed by atoms with Crippen LogP contribution >= 0.6 is 0 Å². The van der Waals surface area contributed by atoms with E-state index in [9.17, 15) is 9.59 Å². The van der Waals surface area contributed by atoms with Crippen molar-refractivity contribution >= 4 is 12.1 Å². The number of ketones is 1. The van der Waals surface area contributed by atoms with Gasteiger partial charge in [0.25, 0.3) is 0 Å². The lowest BCUT2D eigenvalue weighted by molar-refractivity contribution is -0.126.